The van der Waals surface area contributed by atoms with Crippen LogP contribution in [0.1, 0.15) is 30.4 Å². The predicted molar refractivity (Wildman–Crippen MR) is 65.2 cm³/mol. The van der Waals surface area contributed by atoms with Gasteiger partial charge in [0.25, 0.3) is 0 Å². The van der Waals surface area contributed by atoms with Gasteiger partial charge in [-0.25, -0.2) is 5.84 Å². The van der Waals surface area contributed by atoms with Crippen LogP contribution in [0.5, 0.6) is 11.5 Å². The van der Waals surface area contributed by atoms with Gasteiger partial charge in [-0.3, -0.25) is 10.2 Å². The van der Waals surface area contributed by atoms with Crippen molar-refractivity contribution in [1.29, 1.82) is 0 Å². The molecule has 1 saturated carbocycles. The SMILES string of the molecule is Cc1cc2c(cc1C1(C(=O)NN)CCC1)OCO2. The van der Waals surface area contributed by atoms with Crippen LogP contribution >= 0.6 is 0 Å². The molecule has 96 valence electrons. The van der Waals surface area contributed by atoms with Crippen molar-refractivity contribution in [2.75, 3.05) is 6.79 Å². The molecular formula is C13H16N2O3. The minimum absolute atomic E-state index is 0.115. The summed E-state index contributed by atoms with van der Waals surface area (Å²) < 4.78 is 10.7. The van der Waals surface area contributed by atoms with Crippen LogP contribution in [0.2, 0.25) is 0 Å². The lowest BCUT2D eigenvalue weighted by Gasteiger charge is -2.41. The number of amides is 1. The fourth-order valence-electron chi connectivity index (χ4n) is 2.85. The summed E-state index contributed by atoms with van der Waals surface area (Å²) in [6, 6.07) is 3.85. The van der Waals surface area contributed by atoms with Crippen LogP contribution in [0.15, 0.2) is 12.1 Å². The number of carbonyl (C=O) groups excluding carboxylic acids is 1. The molecule has 0 unspecified atom stereocenters. The monoisotopic (exact) mass is 248 g/mol. The van der Waals surface area contributed by atoms with Crippen molar-refractivity contribution in [1.82, 2.24) is 5.43 Å². The van der Waals surface area contributed by atoms with Crippen LogP contribution in [0.3, 0.4) is 0 Å². The summed E-state index contributed by atoms with van der Waals surface area (Å²) in [6.07, 6.45) is 2.70. The summed E-state index contributed by atoms with van der Waals surface area (Å²) in [6.45, 7) is 2.23. The normalized spacial score (nSPS) is 19.2. The van der Waals surface area contributed by atoms with E-state index in [1.165, 1.54) is 0 Å². The van der Waals surface area contributed by atoms with Crippen LogP contribution in [-0.2, 0) is 10.2 Å². The van der Waals surface area contributed by atoms with Crippen molar-refractivity contribution >= 4 is 5.91 Å². The highest BCUT2D eigenvalue weighted by Gasteiger charge is 2.46. The molecule has 5 nitrogen and oxygen atoms in total. The van der Waals surface area contributed by atoms with Gasteiger partial charge in [-0.15, -0.1) is 0 Å². The van der Waals surface area contributed by atoms with Crippen molar-refractivity contribution in [3.63, 3.8) is 0 Å². The van der Waals surface area contributed by atoms with Crippen molar-refractivity contribution in [3.8, 4) is 11.5 Å². The summed E-state index contributed by atoms with van der Waals surface area (Å²) in [5.41, 5.74) is 3.85. The van der Waals surface area contributed by atoms with Crippen LogP contribution in [0.4, 0.5) is 0 Å². The van der Waals surface area contributed by atoms with Gasteiger partial charge >= 0.3 is 0 Å². The second kappa shape index (κ2) is 3.88. The number of nitrogens with two attached hydrogens (primary N) is 1. The lowest BCUT2D eigenvalue weighted by Crippen LogP contribution is -2.51. The number of benzene rings is 1. The molecule has 18 heavy (non-hydrogen) atoms. The highest BCUT2D eigenvalue weighted by Crippen LogP contribution is 2.48. The molecular weight excluding hydrogens is 232 g/mol. The number of aryl methyl sites for hydroxylation is 1. The third-order valence-corrected chi connectivity index (χ3v) is 4.01. The van der Waals surface area contributed by atoms with E-state index in [-0.39, 0.29) is 12.7 Å². The minimum atomic E-state index is -0.486. The number of ether oxygens (including phenoxy) is 2. The van der Waals surface area contributed by atoms with E-state index in [2.05, 4.69) is 5.43 Å². The van der Waals surface area contributed by atoms with Gasteiger partial charge in [-0.2, -0.15) is 0 Å². The maximum Gasteiger partial charge on any atom is 0.244 e. The van der Waals surface area contributed by atoms with Gasteiger partial charge in [0.2, 0.25) is 12.7 Å². The van der Waals surface area contributed by atoms with Crippen LogP contribution < -0.4 is 20.7 Å². The summed E-state index contributed by atoms with van der Waals surface area (Å²) in [7, 11) is 0. The molecule has 0 spiro atoms. The first-order valence-corrected chi connectivity index (χ1v) is 6.09. The Morgan fingerprint density at radius 1 is 1.33 bits per heavy atom. The van der Waals surface area contributed by atoms with Crippen molar-refractivity contribution in [2.24, 2.45) is 5.84 Å². The molecule has 1 heterocycles. The summed E-state index contributed by atoms with van der Waals surface area (Å²) in [5.74, 6) is 6.66. The van der Waals surface area contributed by atoms with E-state index in [4.69, 9.17) is 15.3 Å². The van der Waals surface area contributed by atoms with Crippen LogP contribution in [0.25, 0.3) is 0 Å². The Bertz CT molecular complexity index is 509. The lowest BCUT2D eigenvalue weighted by molar-refractivity contribution is -0.130. The first kappa shape index (κ1) is 11.3. The summed E-state index contributed by atoms with van der Waals surface area (Å²) in [4.78, 5) is 12.1. The zero-order valence-electron chi connectivity index (χ0n) is 10.3. The highest BCUT2D eigenvalue weighted by molar-refractivity contribution is 5.89. The molecule has 1 aliphatic heterocycles. The Hall–Kier alpha value is -1.75. The number of rotatable bonds is 2. The zero-order valence-corrected chi connectivity index (χ0v) is 10.3. The van der Waals surface area contributed by atoms with Crippen molar-refractivity contribution < 1.29 is 14.3 Å². The Labute approximate surface area is 105 Å². The predicted octanol–water partition coefficient (Wildman–Crippen LogP) is 1.14. The quantitative estimate of drug-likeness (QED) is 0.467. The molecule has 3 rings (SSSR count). The fourth-order valence-corrected chi connectivity index (χ4v) is 2.85. The number of carbonyl (C=O) groups is 1. The molecule has 0 aromatic heterocycles. The molecule has 0 saturated heterocycles. The van der Waals surface area contributed by atoms with E-state index in [1.807, 2.05) is 19.1 Å². The van der Waals surface area contributed by atoms with E-state index in [0.717, 1.165) is 36.1 Å². The van der Waals surface area contributed by atoms with E-state index < -0.39 is 5.41 Å². The standard InChI is InChI=1S/C13H16N2O3/c1-8-5-10-11(18-7-17-10)6-9(8)13(3-2-4-13)12(16)15-14/h5-6H,2-4,7,14H2,1H3,(H,15,16). The van der Waals surface area contributed by atoms with Gasteiger partial charge in [0.15, 0.2) is 11.5 Å². The van der Waals surface area contributed by atoms with E-state index in [9.17, 15) is 4.79 Å². The molecule has 2 aliphatic rings. The molecule has 1 aromatic carbocycles. The van der Waals surface area contributed by atoms with Gasteiger partial charge in [0.1, 0.15) is 0 Å². The molecule has 0 bridgehead atoms. The fraction of sp³-hybridized carbons (Fsp3) is 0.462. The molecule has 1 amide bonds. The Balaban J connectivity index is 2.08. The topological polar surface area (TPSA) is 73.6 Å². The number of hydrogen-bond donors (Lipinski definition) is 2. The molecule has 0 radical (unpaired) electrons. The maximum atomic E-state index is 12.1. The van der Waals surface area contributed by atoms with Crippen molar-refractivity contribution in [2.45, 2.75) is 31.6 Å². The molecule has 0 atom stereocenters. The van der Waals surface area contributed by atoms with Crippen LogP contribution in [0, 0.1) is 6.92 Å². The lowest BCUT2D eigenvalue weighted by atomic mass is 9.63. The average Bonchev–Trinajstić information content (AvgIpc) is 2.74. The number of hydrazine groups is 1. The molecule has 1 fully saturated rings. The van der Waals surface area contributed by atoms with Crippen LogP contribution in [-0.4, -0.2) is 12.7 Å². The summed E-state index contributed by atoms with van der Waals surface area (Å²) in [5, 5.41) is 0. The molecule has 5 heteroatoms. The van der Waals surface area contributed by atoms with Crippen molar-refractivity contribution in [3.05, 3.63) is 23.3 Å². The third kappa shape index (κ3) is 1.40. The molecule has 1 aliphatic carbocycles. The van der Waals surface area contributed by atoms with Gasteiger partial charge in [0.05, 0.1) is 5.41 Å². The van der Waals surface area contributed by atoms with Gasteiger partial charge in [-0.05, 0) is 43.0 Å². The number of hydrogen-bond acceptors (Lipinski definition) is 4. The summed E-state index contributed by atoms with van der Waals surface area (Å²) >= 11 is 0. The largest absolute Gasteiger partial charge is 0.454 e. The van der Waals surface area contributed by atoms with Gasteiger partial charge in [0, 0.05) is 0 Å². The highest BCUT2D eigenvalue weighted by atomic mass is 16.7. The zero-order chi connectivity index (χ0) is 12.8. The van der Waals surface area contributed by atoms with E-state index in [0.29, 0.717) is 5.75 Å². The smallest absolute Gasteiger partial charge is 0.244 e. The first-order valence-electron chi connectivity index (χ1n) is 6.09. The maximum absolute atomic E-state index is 12.1. The number of fused-ring (bicyclic) bond motifs is 1. The third-order valence-electron chi connectivity index (χ3n) is 4.01. The Morgan fingerprint density at radius 3 is 2.56 bits per heavy atom. The average molecular weight is 248 g/mol. The van der Waals surface area contributed by atoms with Gasteiger partial charge in [-0.1, -0.05) is 6.42 Å². The molecule has 3 N–H and O–H groups in total. The first-order chi connectivity index (χ1) is 8.67. The molecule has 1 aromatic rings. The second-order valence-corrected chi connectivity index (χ2v) is 4.93. The second-order valence-electron chi connectivity index (χ2n) is 4.93. The Morgan fingerprint density at radius 2 is 2.00 bits per heavy atom. The van der Waals surface area contributed by atoms with E-state index >= 15 is 0 Å². The van der Waals surface area contributed by atoms with Gasteiger partial charge < -0.3 is 9.47 Å². The van der Waals surface area contributed by atoms with E-state index in [1.54, 1.807) is 0 Å². The number of nitrogens with one attached hydrogen (secondary N) is 1. The minimum Gasteiger partial charge on any atom is -0.454 e. The Kier molecular flexibility index (Phi) is 2.45.